The van der Waals surface area contributed by atoms with Crippen LogP contribution in [0.5, 0.6) is 0 Å². The molecule has 1 aromatic rings. The number of imide groups is 1. The Morgan fingerprint density at radius 2 is 1.63 bits per heavy atom. The summed E-state index contributed by atoms with van der Waals surface area (Å²) in [6.07, 6.45) is 7.11. The van der Waals surface area contributed by atoms with Crippen LogP contribution < -0.4 is 5.32 Å². The fourth-order valence-electron chi connectivity index (χ4n) is 4.42. The number of hydrogen-bond acceptors (Lipinski definition) is 3. The van der Waals surface area contributed by atoms with Gasteiger partial charge in [0, 0.05) is 24.8 Å². The number of amides is 4. The van der Waals surface area contributed by atoms with E-state index in [9.17, 15) is 14.4 Å². The number of carbonyl (C=O) groups is 3. The van der Waals surface area contributed by atoms with Crippen molar-refractivity contribution < 1.29 is 14.4 Å². The van der Waals surface area contributed by atoms with E-state index in [1.54, 1.807) is 18.2 Å². The summed E-state index contributed by atoms with van der Waals surface area (Å²) in [6.45, 7) is 3.71. The Bertz CT molecular complexity index is 762. The molecule has 2 fully saturated rings. The van der Waals surface area contributed by atoms with Crippen molar-refractivity contribution in [2.75, 3.05) is 18.4 Å². The van der Waals surface area contributed by atoms with Crippen molar-refractivity contribution >= 4 is 23.5 Å². The molecule has 6 nitrogen and oxygen atoms in total. The van der Waals surface area contributed by atoms with Gasteiger partial charge in [-0.05, 0) is 49.8 Å². The first-order valence-electron chi connectivity index (χ1n) is 10.1. The third-order valence-electron chi connectivity index (χ3n) is 6.18. The molecule has 6 heteroatoms. The van der Waals surface area contributed by atoms with Crippen LogP contribution in [0.4, 0.5) is 10.5 Å². The van der Waals surface area contributed by atoms with Gasteiger partial charge in [0.15, 0.2) is 0 Å². The lowest BCUT2D eigenvalue weighted by molar-refractivity contribution is 0.0549. The summed E-state index contributed by atoms with van der Waals surface area (Å²) < 4.78 is 0. The van der Waals surface area contributed by atoms with Crippen LogP contribution in [0.1, 0.15) is 72.6 Å². The number of likely N-dealkylation sites (tertiary alicyclic amines) is 1. The highest BCUT2D eigenvalue weighted by Gasteiger charge is 2.40. The predicted molar refractivity (Wildman–Crippen MR) is 103 cm³/mol. The summed E-state index contributed by atoms with van der Waals surface area (Å²) in [4.78, 5) is 41.3. The van der Waals surface area contributed by atoms with Crippen LogP contribution in [0.25, 0.3) is 0 Å². The fourth-order valence-corrected chi connectivity index (χ4v) is 4.42. The minimum Gasteiger partial charge on any atom is -0.325 e. The molecule has 1 saturated carbocycles. The Morgan fingerprint density at radius 3 is 2.33 bits per heavy atom. The zero-order chi connectivity index (χ0) is 19.0. The zero-order valence-electron chi connectivity index (χ0n) is 15.9. The normalized spacial score (nSPS) is 21.5. The summed E-state index contributed by atoms with van der Waals surface area (Å²) >= 11 is 0. The van der Waals surface area contributed by atoms with Crippen molar-refractivity contribution in [1.29, 1.82) is 0 Å². The van der Waals surface area contributed by atoms with Crippen LogP contribution in [-0.2, 0) is 0 Å². The topological polar surface area (TPSA) is 69.7 Å². The second kappa shape index (κ2) is 7.33. The molecule has 4 rings (SSSR count). The Kier molecular flexibility index (Phi) is 4.89. The number of rotatable bonds is 2. The molecular formula is C21H27N3O3. The standard InChI is InChI=1S/C21H27N3O3/c1-14-9-11-23(12-10-14)21(27)22-15-7-8-17-18(13-15)20(26)24(19(17)25)16-5-3-2-4-6-16/h7-8,13-14,16H,2-6,9-12H2,1H3,(H,22,27). The molecule has 27 heavy (non-hydrogen) atoms. The van der Waals surface area contributed by atoms with Gasteiger partial charge in [-0.15, -0.1) is 0 Å². The lowest BCUT2D eigenvalue weighted by atomic mass is 9.94. The molecule has 0 radical (unpaired) electrons. The number of fused-ring (bicyclic) bond motifs is 1. The average molecular weight is 369 g/mol. The monoisotopic (exact) mass is 369 g/mol. The SMILES string of the molecule is CC1CCN(C(=O)Nc2ccc3c(c2)C(=O)N(C2CCCCC2)C3=O)CC1. The minimum absolute atomic E-state index is 0.0135. The molecule has 0 spiro atoms. The number of carbonyl (C=O) groups excluding carboxylic acids is 3. The first-order valence-corrected chi connectivity index (χ1v) is 10.1. The highest BCUT2D eigenvalue weighted by Crippen LogP contribution is 2.32. The molecular weight excluding hydrogens is 342 g/mol. The fraction of sp³-hybridized carbons (Fsp3) is 0.571. The molecule has 0 aromatic heterocycles. The first-order chi connectivity index (χ1) is 13.0. The molecule has 0 unspecified atom stereocenters. The lowest BCUT2D eigenvalue weighted by Crippen LogP contribution is -2.41. The van der Waals surface area contributed by atoms with Gasteiger partial charge in [0.05, 0.1) is 11.1 Å². The summed E-state index contributed by atoms with van der Waals surface area (Å²) in [5.41, 5.74) is 1.44. The molecule has 1 N–H and O–H groups in total. The van der Waals surface area contributed by atoms with Crippen molar-refractivity contribution in [3.8, 4) is 0 Å². The van der Waals surface area contributed by atoms with Gasteiger partial charge in [-0.3, -0.25) is 14.5 Å². The zero-order valence-corrected chi connectivity index (χ0v) is 15.9. The van der Waals surface area contributed by atoms with E-state index in [-0.39, 0.29) is 23.9 Å². The van der Waals surface area contributed by atoms with Gasteiger partial charge in [0.25, 0.3) is 11.8 Å². The minimum atomic E-state index is -0.218. The maximum atomic E-state index is 12.9. The van der Waals surface area contributed by atoms with E-state index < -0.39 is 0 Å². The van der Waals surface area contributed by atoms with Crippen molar-refractivity contribution in [3.63, 3.8) is 0 Å². The Labute approximate surface area is 159 Å². The molecule has 1 saturated heterocycles. The van der Waals surface area contributed by atoms with Gasteiger partial charge in [0.2, 0.25) is 0 Å². The van der Waals surface area contributed by atoms with Crippen LogP contribution in [-0.4, -0.2) is 46.8 Å². The molecule has 2 aliphatic heterocycles. The second-order valence-corrected chi connectivity index (χ2v) is 8.13. The van der Waals surface area contributed by atoms with Gasteiger partial charge in [-0.25, -0.2) is 4.79 Å². The van der Waals surface area contributed by atoms with E-state index in [1.807, 2.05) is 4.90 Å². The maximum absolute atomic E-state index is 12.9. The van der Waals surface area contributed by atoms with E-state index in [4.69, 9.17) is 0 Å². The molecule has 0 bridgehead atoms. The number of benzene rings is 1. The summed E-state index contributed by atoms with van der Waals surface area (Å²) in [5.74, 6) is 0.248. The van der Waals surface area contributed by atoms with Gasteiger partial charge >= 0.3 is 6.03 Å². The maximum Gasteiger partial charge on any atom is 0.321 e. The van der Waals surface area contributed by atoms with E-state index in [1.165, 1.54) is 11.3 Å². The van der Waals surface area contributed by atoms with Crippen LogP contribution >= 0.6 is 0 Å². The molecule has 1 aromatic carbocycles. The Balaban J connectivity index is 1.48. The van der Waals surface area contributed by atoms with E-state index in [0.29, 0.717) is 22.7 Å². The molecule has 1 aliphatic carbocycles. The molecule has 3 aliphatic rings. The number of nitrogens with zero attached hydrogens (tertiary/aromatic N) is 2. The Morgan fingerprint density at radius 1 is 0.963 bits per heavy atom. The van der Waals surface area contributed by atoms with E-state index >= 15 is 0 Å². The third kappa shape index (κ3) is 3.45. The van der Waals surface area contributed by atoms with Crippen molar-refractivity contribution in [2.24, 2.45) is 5.92 Å². The predicted octanol–water partition coefficient (Wildman–Crippen LogP) is 3.88. The van der Waals surface area contributed by atoms with Crippen LogP contribution in [0.3, 0.4) is 0 Å². The first kappa shape index (κ1) is 18.0. The quantitative estimate of drug-likeness (QED) is 0.804. The van der Waals surface area contributed by atoms with Crippen LogP contribution in [0.15, 0.2) is 18.2 Å². The smallest absolute Gasteiger partial charge is 0.321 e. The van der Waals surface area contributed by atoms with Gasteiger partial charge in [-0.2, -0.15) is 0 Å². The number of piperidine rings is 1. The number of nitrogens with one attached hydrogen (secondary N) is 1. The Hall–Kier alpha value is -2.37. The molecule has 0 atom stereocenters. The molecule has 2 heterocycles. The van der Waals surface area contributed by atoms with Gasteiger partial charge in [0.1, 0.15) is 0 Å². The summed E-state index contributed by atoms with van der Waals surface area (Å²) in [6, 6.07) is 4.93. The highest BCUT2D eigenvalue weighted by molar-refractivity contribution is 6.22. The molecule has 4 amide bonds. The summed E-state index contributed by atoms with van der Waals surface area (Å²) in [5, 5.41) is 2.89. The van der Waals surface area contributed by atoms with Crippen molar-refractivity contribution in [2.45, 2.75) is 57.9 Å². The second-order valence-electron chi connectivity index (χ2n) is 8.13. The third-order valence-corrected chi connectivity index (χ3v) is 6.18. The average Bonchev–Trinajstić information content (AvgIpc) is 2.93. The number of anilines is 1. The summed E-state index contributed by atoms with van der Waals surface area (Å²) in [7, 11) is 0. The van der Waals surface area contributed by atoms with Crippen molar-refractivity contribution in [1.82, 2.24) is 9.80 Å². The molecule has 144 valence electrons. The van der Waals surface area contributed by atoms with Crippen molar-refractivity contribution in [3.05, 3.63) is 29.3 Å². The van der Waals surface area contributed by atoms with E-state index in [2.05, 4.69) is 12.2 Å². The highest BCUT2D eigenvalue weighted by atomic mass is 16.2. The van der Waals surface area contributed by atoms with E-state index in [0.717, 1.165) is 51.6 Å². The van der Waals surface area contributed by atoms with Gasteiger partial charge in [-0.1, -0.05) is 26.2 Å². The van der Waals surface area contributed by atoms with Crippen LogP contribution in [0.2, 0.25) is 0 Å². The van der Waals surface area contributed by atoms with Crippen LogP contribution in [0, 0.1) is 5.92 Å². The number of urea groups is 1. The lowest BCUT2D eigenvalue weighted by Gasteiger charge is -2.30. The largest absolute Gasteiger partial charge is 0.325 e. The van der Waals surface area contributed by atoms with Gasteiger partial charge < -0.3 is 10.2 Å². The number of hydrogen-bond donors (Lipinski definition) is 1.